The number of nitrogens with one attached hydrogen (secondary N) is 1. The Morgan fingerprint density at radius 2 is 1.81 bits per heavy atom. The van der Waals surface area contributed by atoms with Gasteiger partial charge in [0, 0.05) is 23.0 Å². The third-order valence-electron chi connectivity index (χ3n) is 6.14. The summed E-state index contributed by atoms with van der Waals surface area (Å²) in [5.41, 5.74) is 3.22. The van der Waals surface area contributed by atoms with E-state index in [0.29, 0.717) is 10.6 Å². The third-order valence-corrected chi connectivity index (χ3v) is 6.14. The SMILES string of the molecule is COc1ccc(C2c3[nH]c4ccccc4c3CC3C(=O)N(CC(F)(F)F)CC(=O)N32)cc1. The van der Waals surface area contributed by atoms with Crippen LogP contribution in [0.4, 0.5) is 13.2 Å². The standard InChI is InChI=1S/C23H20F3N3O3/c1-32-14-8-6-13(7-9-14)21-20-16(15-4-2-3-5-17(15)27-20)10-18-22(31)28(12-23(24,25)26)11-19(30)29(18)21/h2-9,18,21,27H,10-12H2,1H3. The number of amides is 2. The molecule has 2 amide bonds. The Hall–Kier alpha value is -3.49. The average molecular weight is 443 g/mol. The Labute approximate surface area is 181 Å². The molecule has 1 aromatic heterocycles. The van der Waals surface area contributed by atoms with Gasteiger partial charge in [-0.1, -0.05) is 30.3 Å². The molecule has 166 valence electrons. The van der Waals surface area contributed by atoms with Gasteiger partial charge in [-0.25, -0.2) is 0 Å². The van der Waals surface area contributed by atoms with Crippen LogP contribution in [0.2, 0.25) is 0 Å². The second kappa shape index (κ2) is 7.29. The number of H-pyrrole nitrogens is 1. The predicted octanol–water partition coefficient (Wildman–Crippen LogP) is 3.42. The Balaban J connectivity index is 1.65. The maximum Gasteiger partial charge on any atom is 0.406 e. The van der Waals surface area contributed by atoms with Gasteiger partial charge in [-0.2, -0.15) is 13.2 Å². The van der Waals surface area contributed by atoms with Crippen LogP contribution in [-0.4, -0.2) is 59.0 Å². The minimum absolute atomic E-state index is 0.158. The molecular formula is C23H20F3N3O3. The number of aromatic nitrogens is 1. The van der Waals surface area contributed by atoms with Crippen LogP contribution >= 0.6 is 0 Å². The molecule has 2 aliphatic rings. The molecule has 3 aromatic rings. The fourth-order valence-electron chi connectivity index (χ4n) is 4.81. The van der Waals surface area contributed by atoms with Gasteiger partial charge in [0.05, 0.1) is 13.2 Å². The second-order valence-electron chi connectivity index (χ2n) is 8.07. The molecule has 0 spiro atoms. The maximum absolute atomic E-state index is 13.1. The molecule has 0 radical (unpaired) electrons. The van der Waals surface area contributed by atoms with Crippen LogP contribution in [-0.2, 0) is 16.0 Å². The van der Waals surface area contributed by atoms with E-state index < -0.39 is 43.2 Å². The molecule has 2 aliphatic heterocycles. The van der Waals surface area contributed by atoms with Crippen LogP contribution in [0.3, 0.4) is 0 Å². The first-order valence-corrected chi connectivity index (χ1v) is 10.2. The largest absolute Gasteiger partial charge is 0.497 e. The van der Waals surface area contributed by atoms with Crippen LogP contribution < -0.4 is 4.74 Å². The van der Waals surface area contributed by atoms with Gasteiger partial charge in [0.1, 0.15) is 24.9 Å². The number of carbonyl (C=O) groups excluding carboxylic acids is 2. The maximum atomic E-state index is 13.1. The summed E-state index contributed by atoms with van der Waals surface area (Å²) in [5.74, 6) is -0.560. The first kappa shape index (κ1) is 20.4. The summed E-state index contributed by atoms with van der Waals surface area (Å²) in [6.07, 6.45) is -4.42. The van der Waals surface area contributed by atoms with Crippen LogP contribution in [0.5, 0.6) is 5.75 Å². The second-order valence-corrected chi connectivity index (χ2v) is 8.07. The normalized spacial score (nSPS) is 21.0. The van der Waals surface area contributed by atoms with Crippen molar-refractivity contribution in [3.05, 3.63) is 65.4 Å². The molecular weight excluding hydrogens is 423 g/mol. The number of aromatic amines is 1. The van der Waals surface area contributed by atoms with Gasteiger partial charge >= 0.3 is 6.18 Å². The first-order chi connectivity index (χ1) is 15.3. The van der Waals surface area contributed by atoms with E-state index in [9.17, 15) is 22.8 Å². The fourth-order valence-corrected chi connectivity index (χ4v) is 4.81. The van der Waals surface area contributed by atoms with E-state index in [0.717, 1.165) is 27.7 Å². The van der Waals surface area contributed by atoms with Crippen molar-refractivity contribution < 1.29 is 27.5 Å². The quantitative estimate of drug-likeness (QED) is 0.675. The van der Waals surface area contributed by atoms with Crippen molar-refractivity contribution in [3.8, 4) is 5.75 Å². The third kappa shape index (κ3) is 3.28. The Morgan fingerprint density at radius 1 is 1.09 bits per heavy atom. The number of carbonyl (C=O) groups is 2. The minimum Gasteiger partial charge on any atom is -0.497 e. The fraction of sp³-hybridized carbons (Fsp3) is 0.304. The molecule has 2 unspecified atom stereocenters. The van der Waals surface area contributed by atoms with E-state index in [1.54, 1.807) is 31.4 Å². The lowest BCUT2D eigenvalue weighted by molar-refractivity contribution is -0.176. The minimum atomic E-state index is -4.58. The molecule has 2 aromatic carbocycles. The number of nitrogens with zero attached hydrogens (tertiary/aromatic N) is 2. The highest BCUT2D eigenvalue weighted by molar-refractivity contribution is 5.97. The van der Waals surface area contributed by atoms with Crippen LogP contribution in [0.15, 0.2) is 48.5 Å². The monoisotopic (exact) mass is 443 g/mol. The summed E-state index contributed by atoms with van der Waals surface area (Å²) >= 11 is 0. The van der Waals surface area contributed by atoms with Gasteiger partial charge in [0.2, 0.25) is 11.8 Å². The van der Waals surface area contributed by atoms with Crippen molar-refractivity contribution in [2.24, 2.45) is 0 Å². The predicted molar refractivity (Wildman–Crippen MR) is 110 cm³/mol. The smallest absolute Gasteiger partial charge is 0.406 e. The number of benzene rings is 2. The van der Waals surface area contributed by atoms with Gasteiger partial charge < -0.3 is 19.5 Å². The lowest BCUT2D eigenvalue weighted by atomic mass is 9.86. The van der Waals surface area contributed by atoms with Crippen molar-refractivity contribution in [3.63, 3.8) is 0 Å². The summed E-state index contributed by atoms with van der Waals surface area (Å²) < 4.78 is 44.3. The molecule has 1 fully saturated rings. The summed E-state index contributed by atoms with van der Waals surface area (Å²) in [6, 6.07) is 13.1. The lowest BCUT2D eigenvalue weighted by Gasteiger charge is -2.47. The van der Waals surface area contributed by atoms with Crippen molar-refractivity contribution in [1.82, 2.24) is 14.8 Å². The highest BCUT2D eigenvalue weighted by atomic mass is 19.4. The van der Waals surface area contributed by atoms with Crippen molar-refractivity contribution in [1.29, 1.82) is 0 Å². The molecule has 2 atom stereocenters. The van der Waals surface area contributed by atoms with Gasteiger partial charge in [-0.3, -0.25) is 9.59 Å². The number of alkyl halides is 3. The van der Waals surface area contributed by atoms with E-state index in [2.05, 4.69) is 4.98 Å². The van der Waals surface area contributed by atoms with Crippen molar-refractivity contribution >= 4 is 22.7 Å². The summed E-state index contributed by atoms with van der Waals surface area (Å²) in [6.45, 7) is -2.03. The molecule has 5 rings (SSSR count). The van der Waals surface area contributed by atoms with E-state index in [-0.39, 0.29) is 6.42 Å². The molecule has 6 nitrogen and oxygen atoms in total. The van der Waals surface area contributed by atoms with E-state index in [1.807, 2.05) is 24.3 Å². The van der Waals surface area contributed by atoms with Gasteiger partial charge in [0.15, 0.2) is 0 Å². The van der Waals surface area contributed by atoms with Crippen molar-refractivity contribution in [2.75, 3.05) is 20.2 Å². The summed E-state index contributed by atoms with van der Waals surface area (Å²) in [4.78, 5) is 31.7. The summed E-state index contributed by atoms with van der Waals surface area (Å²) in [7, 11) is 1.55. The van der Waals surface area contributed by atoms with Crippen LogP contribution in [0.1, 0.15) is 22.9 Å². The van der Waals surface area contributed by atoms with Gasteiger partial charge in [-0.05, 0) is 29.3 Å². The molecule has 1 saturated heterocycles. The number of fused-ring (bicyclic) bond motifs is 4. The lowest BCUT2D eigenvalue weighted by Crippen LogP contribution is -2.64. The highest BCUT2D eigenvalue weighted by Gasteiger charge is 2.50. The molecule has 0 aliphatic carbocycles. The summed E-state index contributed by atoms with van der Waals surface area (Å²) in [5, 5.41) is 0.897. The first-order valence-electron chi connectivity index (χ1n) is 10.2. The Morgan fingerprint density at radius 3 is 2.50 bits per heavy atom. The van der Waals surface area contributed by atoms with E-state index >= 15 is 0 Å². The van der Waals surface area contributed by atoms with E-state index in [4.69, 9.17) is 4.74 Å². The molecule has 32 heavy (non-hydrogen) atoms. The van der Waals surface area contributed by atoms with Crippen molar-refractivity contribution in [2.45, 2.75) is 24.7 Å². The average Bonchev–Trinajstić information content (AvgIpc) is 3.13. The topological polar surface area (TPSA) is 65.6 Å². The zero-order valence-electron chi connectivity index (χ0n) is 17.1. The van der Waals surface area contributed by atoms with Gasteiger partial charge in [0.25, 0.3) is 0 Å². The van der Waals surface area contributed by atoms with Crippen LogP contribution in [0, 0.1) is 0 Å². The number of hydrogen-bond acceptors (Lipinski definition) is 3. The number of hydrogen-bond donors (Lipinski definition) is 1. The zero-order chi connectivity index (χ0) is 22.6. The zero-order valence-corrected chi connectivity index (χ0v) is 17.1. The molecule has 9 heteroatoms. The van der Waals surface area contributed by atoms with Gasteiger partial charge in [-0.15, -0.1) is 0 Å². The Kier molecular flexibility index (Phi) is 4.65. The molecule has 0 bridgehead atoms. The number of para-hydroxylation sites is 1. The highest BCUT2D eigenvalue weighted by Crippen LogP contribution is 2.43. The number of rotatable bonds is 3. The number of piperazine rings is 1. The van der Waals surface area contributed by atoms with Crippen LogP contribution in [0.25, 0.3) is 10.9 Å². The Bertz CT molecular complexity index is 1200. The molecule has 0 saturated carbocycles. The number of ether oxygens (including phenoxy) is 1. The number of methoxy groups -OCH3 is 1. The number of halogens is 3. The molecule has 3 heterocycles. The molecule has 1 N–H and O–H groups in total. The van der Waals surface area contributed by atoms with E-state index in [1.165, 1.54) is 4.90 Å².